The van der Waals surface area contributed by atoms with Crippen molar-refractivity contribution in [3.05, 3.63) is 0 Å². The quantitative estimate of drug-likeness (QED) is 0.559. The number of methoxy groups -OCH3 is 4. The Morgan fingerprint density at radius 1 is 1.21 bits per heavy atom. The topological polar surface area (TPSA) is 92.0 Å². The third-order valence-electron chi connectivity index (χ3n) is 1.64. The number of carbonyl (C=O) groups is 1. The normalized spacial score (nSPS) is 11.8. The highest BCUT2D eigenvalue weighted by molar-refractivity contribution is 5.72. The van der Waals surface area contributed by atoms with Gasteiger partial charge in [-0.2, -0.15) is 0 Å². The number of nitrogens with two attached hydrogens (primary N) is 1. The Labute approximate surface area is 82.4 Å². The summed E-state index contributed by atoms with van der Waals surface area (Å²) in [5, 5.41) is 2.24. The van der Waals surface area contributed by atoms with Crippen LogP contribution in [0, 0.1) is 0 Å². The van der Waals surface area contributed by atoms with Crippen molar-refractivity contribution in [3.63, 3.8) is 0 Å². The molecule has 2 amide bonds. The van der Waals surface area contributed by atoms with Crippen molar-refractivity contribution in [2.45, 2.75) is 12.2 Å². The standard InChI is InChI=1S/C7H16N2O5/c1-11-5(12-2)7(13-3,14-4)9-6(8)10/h5H,1-4H3,(H3,8,9,10). The van der Waals surface area contributed by atoms with Crippen molar-refractivity contribution in [1.82, 2.24) is 5.32 Å². The molecule has 7 heteroatoms. The smallest absolute Gasteiger partial charge is 0.316 e. The summed E-state index contributed by atoms with van der Waals surface area (Å²) in [4.78, 5) is 10.7. The molecule has 84 valence electrons. The summed E-state index contributed by atoms with van der Waals surface area (Å²) in [7, 11) is 5.40. The van der Waals surface area contributed by atoms with Crippen LogP contribution in [0.25, 0.3) is 0 Å². The van der Waals surface area contributed by atoms with Crippen molar-refractivity contribution in [2.24, 2.45) is 5.73 Å². The highest BCUT2D eigenvalue weighted by Gasteiger charge is 2.42. The van der Waals surface area contributed by atoms with Crippen LogP contribution in [-0.4, -0.2) is 46.7 Å². The second kappa shape index (κ2) is 5.76. The Morgan fingerprint density at radius 3 is 1.86 bits per heavy atom. The minimum atomic E-state index is -1.55. The minimum Gasteiger partial charge on any atom is -0.352 e. The summed E-state index contributed by atoms with van der Waals surface area (Å²) >= 11 is 0. The van der Waals surface area contributed by atoms with Gasteiger partial charge in [0.2, 0.25) is 6.29 Å². The summed E-state index contributed by atoms with van der Waals surface area (Å²) in [5.41, 5.74) is 4.96. The highest BCUT2D eigenvalue weighted by Crippen LogP contribution is 2.16. The predicted molar refractivity (Wildman–Crippen MR) is 47.3 cm³/mol. The number of primary amides is 1. The third-order valence-corrected chi connectivity index (χ3v) is 1.64. The van der Waals surface area contributed by atoms with Crippen LogP contribution >= 0.6 is 0 Å². The summed E-state index contributed by atoms with van der Waals surface area (Å²) < 4.78 is 19.7. The number of rotatable bonds is 6. The third kappa shape index (κ3) is 2.81. The van der Waals surface area contributed by atoms with E-state index in [0.29, 0.717) is 0 Å². The van der Waals surface area contributed by atoms with Gasteiger partial charge in [0.1, 0.15) is 0 Å². The zero-order valence-corrected chi connectivity index (χ0v) is 8.70. The van der Waals surface area contributed by atoms with E-state index in [1.54, 1.807) is 0 Å². The van der Waals surface area contributed by atoms with E-state index >= 15 is 0 Å². The van der Waals surface area contributed by atoms with Crippen molar-refractivity contribution >= 4 is 6.03 Å². The molecule has 3 N–H and O–H groups in total. The molecule has 0 saturated heterocycles. The van der Waals surface area contributed by atoms with Crippen LogP contribution < -0.4 is 11.1 Å². The zero-order valence-electron chi connectivity index (χ0n) is 8.70. The van der Waals surface area contributed by atoms with E-state index in [2.05, 4.69) is 5.32 Å². The fourth-order valence-corrected chi connectivity index (χ4v) is 1.02. The van der Waals surface area contributed by atoms with Gasteiger partial charge >= 0.3 is 11.9 Å². The molecule has 0 rings (SSSR count). The summed E-state index contributed by atoms with van der Waals surface area (Å²) in [6.07, 6.45) is -0.926. The molecular weight excluding hydrogens is 192 g/mol. The maximum Gasteiger partial charge on any atom is 0.316 e. The Kier molecular flexibility index (Phi) is 5.39. The van der Waals surface area contributed by atoms with Gasteiger partial charge in [0.05, 0.1) is 0 Å². The first kappa shape index (κ1) is 13.1. The SMILES string of the molecule is COC(OC)C(NC(N)=O)(OC)OC. The van der Waals surface area contributed by atoms with E-state index in [4.69, 9.17) is 24.7 Å². The number of urea groups is 1. The lowest BCUT2D eigenvalue weighted by Gasteiger charge is -2.35. The van der Waals surface area contributed by atoms with Gasteiger partial charge in [-0.3, -0.25) is 5.32 Å². The second-order valence-electron chi connectivity index (χ2n) is 2.37. The average Bonchev–Trinajstić information content (AvgIpc) is 2.17. The molecule has 0 aromatic carbocycles. The number of ether oxygens (including phenoxy) is 4. The van der Waals surface area contributed by atoms with Crippen molar-refractivity contribution in [3.8, 4) is 0 Å². The van der Waals surface area contributed by atoms with E-state index in [0.717, 1.165) is 0 Å². The number of carbonyl (C=O) groups excluding carboxylic acids is 1. The second-order valence-corrected chi connectivity index (χ2v) is 2.37. The minimum absolute atomic E-state index is 0.812. The summed E-state index contributed by atoms with van der Waals surface area (Å²) in [6.45, 7) is 0. The lowest BCUT2D eigenvalue weighted by Crippen LogP contribution is -2.61. The molecule has 0 saturated carbocycles. The maximum absolute atomic E-state index is 10.7. The van der Waals surface area contributed by atoms with Gasteiger partial charge in [0.15, 0.2) is 0 Å². The number of hydrogen-bond donors (Lipinski definition) is 2. The van der Waals surface area contributed by atoms with Crippen molar-refractivity contribution in [2.75, 3.05) is 28.4 Å². The van der Waals surface area contributed by atoms with Crippen LogP contribution in [0.2, 0.25) is 0 Å². The number of hydrogen-bond acceptors (Lipinski definition) is 5. The van der Waals surface area contributed by atoms with Gasteiger partial charge in [-0.15, -0.1) is 0 Å². The lowest BCUT2D eigenvalue weighted by molar-refractivity contribution is -0.335. The van der Waals surface area contributed by atoms with Gasteiger partial charge in [-0.1, -0.05) is 0 Å². The molecule has 14 heavy (non-hydrogen) atoms. The van der Waals surface area contributed by atoms with E-state index in [-0.39, 0.29) is 0 Å². The van der Waals surface area contributed by atoms with Crippen LogP contribution in [0.5, 0.6) is 0 Å². The summed E-state index contributed by atoms with van der Waals surface area (Å²) in [6, 6.07) is -0.812. The van der Waals surface area contributed by atoms with Gasteiger partial charge in [0, 0.05) is 28.4 Å². The Balaban J connectivity index is 4.73. The van der Waals surface area contributed by atoms with Crippen LogP contribution in [0.4, 0.5) is 4.79 Å². The molecule has 0 spiro atoms. The molecule has 0 aromatic rings. The Bertz CT molecular complexity index is 179. The molecule has 0 aliphatic rings. The zero-order chi connectivity index (χ0) is 11.2. The van der Waals surface area contributed by atoms with Gasteiger partial charge < -0.3 is 24.7 Å². The first-order valence-electron chi connectivity index (χ1n) is 3.79. The molecule has 0 aromatic heterocycles. The predicted octanol–water partition coefficient (Wildman–Crippen LogP) is -0.780. The molecule has 0 aliphatic heterocycles. The van der Waals surface area contributed by atoms with Gasteiger partial charge in [-0.25, -0.2) is 4.79 Å². The number of nitrogens with one attached hydrogen (secondary N) is 1. The van der Waals surface area contributed by atoms with Gasteiger partial charge in [0.25, 0.3) is 0 Å². The molecule has 0 aliphatic carbocycles. The Morgan fingerprint density at radius 2 is 1.64 bits per heavy atom. The molecule has 0 heterocycles. The van der Waals surface area contributed by atoms with Gasteiger partial charge in [-0.05, 0) is 0 Å². The summed E-state index contributed by atoms with van der Waals surface area (Å²) in [5.74, 6) is -1.55. The van der Waals surface area contributed by atoms with E-state index < -0.39 is 18.2 Å². The first-order valence-corrected chi connectivity index (χ1v) is 3.79. The molecule has 7 nitrogen and oxygen atoms in total. The monoisotopic (exact) mass is 208 g/mol. The molecule has 0 unspecified atom stereocenters. The van der Waals surface area contributed by atoms with Crippen LogP contribution in [-0.2, 0) is 18.9 Å². The van der Waals surface area contributed by atoms with Crippen LogP contribution in [0.1, 0.15) is 0 Å². The maximum atomic E-state index is 10.7. The molecule has 0 radical (unpaired) electrons. The lowest BCUT2D eigenvalue weighted by atomic mass is 10.4. The van der Waals surface area contributed by atoms with Crippen molar-refractivity contribution in [1.29, 1.82) is 0 Å². The fourth-order valence-electron chi connectivity index (χ4n) is 1.02. The molecular formula is C7H16N2O5. The van der Waals surface area contributed by atoms with Crippen molar-refractivity contribution < 1.29 is 23.7 Å². The molecule has 0 bridgehead atoms. The average molecular weight is 208 g/mol. The van der Waals surface area contributed by atoms with E-state index in [1.807, 2.05) is 0 Å². The number of amides is 2. The van der Waals surface area contributed by atoms with Crippen LogP contribution in [0.15, 0.2) is 0 Å². The van der Waals surface area contributed by atoms with Crippen LogP contribution in [0.3, 0.4) is 0 Å². The largest absolute Gasteiger partial charge is 0.352 e. The molecule has 0 fully saturated rings. The Hall–Kier alpha value is -0.890. The van der Waals surface area contributed by atoms with E-state index in [9.17, 15) is 4.79 Å². The molecule has 0 atom stereocenters. The van der Waals surface area contributed by atoms with E-state index in [1.165, 1.54) is 28.4 Å². The fraction of sp³-hybridized carbons (Fsp3) is 0.857. The highest BCUT2D eigenvalue weighted by atomic mass is 16.8. The first-order chi connectivity index (χ1) is 6.56.